The van der Waals surface area contributed by atoms with Gasteiger partial charge in [0, 0.05) is 30.1 Å². The van der Waals surface area contributed by atoms with Gasteiger partial charge in [-0.25, -0.2) is 0 Å². The fourth-order valence-electron chi connectivity index (χ4n) is 7.16. The minimum Gasteiger partial charge on any atom is -0.494 e. The molecule has 37 heavy (non-hydrogen) atoms. The number of amides is 3. The summed E-state index contributed by atoms with van der Waals surface area (Å²) in [5.41, 5.74) is 0.664. The molecule has 1 saturated carbocycles. The third-order valence-corrected chi connectivity index (χ3v) is 10.8. The van der Waals surface area contributed by atoms with E-state index in [9.17, 15) is 19.5 Å². The highest BCUT2D eigenvalue weighted by Gasteiger charge is 2.75. The zero-order chi connectivity index (χ0) is 26.2. The van der Waals surface area contributed by atoms with Crippen LogP contribution in [0.1, 0.15) is 58.8 Å². The minimum absolute atomic E-state index is 0.00313. The summed E-state index contributed by atoms with van der Waals surface area (Å²) in [6.45, 7) is 4.89. The predicted octanol–water partition coefficient (Wildman–Crippen LogP) is 3.19. The van der Waals surface area contributed by atoms with Crippen LogP contribution in [0.25, 0.3) is 0 Å². The van der Waals surface area contributed by atoms with Crippen LogP contribution in [0.3, 0.4) is 0 Å². The Morgan fingerprint density at radius 1 is 1.16 bits per heavy atom. The molecule has 1 aromatic rings. The van der Waals surface area contributed by atoms with E-state index in [4.69, 9.17) is 4.74 Å². The summed E-state index contributed by atoms with van der Waals surface area (Å²) in [6.07, 6.45) is 6.57. The van der Waals surface area contributed by atoms with Gasteiger partial charge in [-0.1, -0.05) is 26.2 Å². The lowest BCUT2D eigenvalue weighted by atomic mass is 9.65. The molecule has 1 spiro atoms. The van der Waals surface area contributed by atoms with Crippen molar-refractivity contribution in [3.8, 4) is 5.75 Å². The van der Waals surface area contributed by atoms with Gasteiger partial charge in [0.05, 0.1) is 23.2 Å². The number of carbonyl (C=O) groups is 3. The molecular weight excluding hydrogens is 490 g/mol. The van der Waals surface area contributed by atoms with Gasteiger partial charge in [-0.3, -0.25) is 14.4 Å². The van der Waals surface area contributed by atoms with Crippen molar-refractivity contribution in [3.05, 3.63) is 24.3 Å². The number of likely N-dealkylation sites (tertiary alicyclic amines) is 1. The maximum atomic E-state index is 14.0. The van der Waals surface area contributed by atoms with Crippen LogP contribution >= 0.6 is 11.8 Å². The standard InChI is InChI=1S/C28H39N3O5S/c1-3-36-20-12-10-19(11-13-20)29-25(33)22-21-16-17(2)28(37-21)23(22)27(35)31(14-7-15-32)24(28)26(34)30-18-8-5-4-6-9-18/h10-13,17-18,21-24,32H,3-9,14-16H2,1-2H3,(H,29,33)(H,30,34)/t17?,21-,22+,23-,24?,28?/m0/s1. The number of aliphatic hydroxyl groups is 1. The number of benzene rings is 1. The minimum atomic E-state index is -0.628. The first kappa shape index (κ1) is 26.4. The average Bonchev–Trinajstić information content (AvgIpc) is 3.48. The highest BCUT2D eigenvalue weighted by molar-refractivity contribution is 8.02. The molecule has 3 N–H and O–H groups in total. The Balaban J connectivity index is 1.41. The third kappa shape index (κ3) is 4.62. The lowest BCUT2D eigenvalue weighted by molar-refractivity contribution is -0.139. The van der Waals surface area contributed by atoms with Gasteiger partial charge < -0.3 is 25.4 Å². The van der Waals surface area contributed by atoms with Crippen LogP contribution in [0.4, 0.5) is 5.69 Å². The summed E-state index contributed by atoms with van der Waals surface area (Å²) in [6, 6.07) is 6.79. The second kappa shape index (κ2) is 10.8. The molecule has 4 aliphatic rings. The molecule has 0 radical (unpaired) electrons. The largest absolute Gasteiger partial charge is 0.494 e. The van der Waals surface area contributed by atoms with Crippen molar-refractivity contribution in [2.24, 2.45) is 17.8 Å². The quantitative estimate of drug-likeness (QED) is 0.454. The number of anilines is 1. The van der Waals surface area contributed by atoms with Gasteiger partial charge in [0.2, 0.25) is 17.7 Å². The molecule has 1 aromatic carbocycles. The molecule has 9 heteroatoms. The van der Waals surface area contributed by atoms with E-state index in [2.05, 4.69) is 17.6 Å². The summed E-state index contributed by atoms with van der Waals surface area (Å²) >= 11 is 1.69. The van der Waals surface area contributed by atoms with E-state index in [0.29, 0.717) is 25.3 Å². The molecule has 0 aromatic heterocycles. The number of carbonyl (C=O) groups excluding carboxylic acids is 3. The molecule has 6 atom stereocenters. The first-order chi connectivity index (χ1) is 17.9. The first-order valence-corrected chi connectivity index (χ1v) is 14.7. The number of rotatable bonds is 9. The van der Waals surface area contributed by atoms with Crippen molar-refractivity contribution in [3.63, 3.8) is 0 Å². The molecule has 3 amide bonds. The van der Waals surface area contributed by atoms with Crippen molar-refractivity contribution in [2.75, 3.05) is 25.1 Å². The SMILES string of the molecule is CCOc1ccc(NC(=O)[C@@H]2[C@@H]3CC(C)C4(S3)C(C(=O)NC3CCCCC3)N(CCCO)C(=O)[C@H]24)cc1. The number of nitrogens with zero attached hydrogens (tertiary/aromatic N) is 1. The van der Waals surface area contributed by atoms with Crippen molar-refractivity contribution in [1.82, 2.24) is 10.2 Å². The van der Waals surface area contributed by atoms with Crippen molar-refractivity contribution in [1.29, 1.82) is 0 Å². The maximum absolute atomic E-state index is 14.0. The molecule has 3 unspecified atom stereocenters. The normalized spacial score (nSPS) is 32.9. The molecule has 1 aliphatic carbocycles. The van der Waals surface area contributed by atoms with Crippen LogP contribution in [0.5, 0.6) is 5.75 Å². The van der Waals surface area contributed by atoms with Crippen LogP contribution < -0.4 is 15.4 Å². The lowest BCUT2D eigenvalue weighted by Crippen LogP contribution is -2.58. The number of ether oxygens (including phenoxy) is 1. The Hall–Kier alpha value is -2.26. The van der Waals surface area contributed by atoms with Crippen molar-refractivity contribution in [2.45, 2.75) is 80.9 Å². The van der Waals surface area contributed by atoms with E-state index in [1.54, 1.807) is 16.7 Å². The fourth-order valence-corrected chi connectivity index (χ4v) is 9.58. The summed E-state index contributed by atoms with van der Waals surface area (Å²) in [5, 5.41) is 15.8. The van der Waals surface area contributed by atoms with Gasteiger partial charge in [0.25, 0.3) is 0 Å². The van der Waals surface area contributed by atoms with Crippen LogP contribution in [0, 0.1) is 17.8 Å². The Morgan fingerprint density at radius 2 is 1.89 bits per heavy atom. The summed E-state index contributed by atoms with van der Waals surface area (Å²) in [5.74, 6) is -0.546. The molecule has 4 fully saturated rings. The second-order valence-electron chi connectivity index (χ2n) is 11.0. The number of fused-ring (bicyclic) bond motifs is 1. The molecule has 3 heterocycles. The zero-order valence-corrected chi connectivity index (χ0v) is 22.6. The molecule has 8 nitrogen and oxygen atoms in total. The Labute approximate surface area is 223 Å². The Kier molecular flexibility index (Phi) is 7.73. The van der Waals surface area contributed by atoms with Crippen LogP contribution in [0.15, 0.2) is 24.3 Å². The second-order valence-corrected chi connectivity index (χ2v) is 12.5. The Morgan fingerprint density at radius 3 is 2.57 bits per heavy atom. The van der Waals surface area contributed by atoms with E-state index in [0.717, 1.165) is 37.9 Å². The molecule has 3 saturated heterocycles. The summed E-state index contributed by atoms with van der Waals surface area (Å²) in [4.78, 5) is 43.2. The van der Waals surface area contributed by atoms with E-state index in [1.807, 2.05) is 31.2 Å². The highest BCUT2D eigenvalue weighted by atomic mass is 32.2. The van der Waals surface area contributed by atoms with Gasteiger partial charge in [0.1, 0.15) is 11.8 Å². The number of nitrogens with one attached hydrogen (secondary N) is 2. The van der Waals surface area contributed by atoms with E-state index >= 15 is 0 Å². The van der Waals surface area contributed by atoms with E-state index in [1.165, 1.54) is 6.42 Å². The van der Waals surface area contributed by atoms with Crippen LogP contribution in [-0.2, 0) is 14.4 Å². The highest BCUT2D eigenvalue weighted by Crippen LogP contribution is 2.68. The van der Waals surface area contributed by atoms with Gasteiger partial charge in [0.15, 0.2) is 0 Å². The molecule has 202 valence electrons. The predicted molar refractivity (Wildman–Crippen MR) is 143 cm³/mol. The van der Waals surface area contributed by atoms with Gasteiger partial charge in [-0.15, -0.1) is 11.8 Å². The fraction of sp³-hybridized carbons (Fsp3) is 0.679. The summed E-state index contributed by atoms with van der Waals surface area (Å²) in [7, 11) is 0. The van der Waals surface area contributed by atoms with Crippen LogP contribution in [-0.4, -0.2) is 69.6 Å². The van der Waals surface area contributed by atoms with Gasteiger partial charge in [-0.05, 0) is 62.8 Å². The van der Waals surface area contributed by atoms with Gasteiger partial charge >= 0.3 is 0 Å². The maximum Gasteiger partial charge on any atom is 0.244 e. The molecular formula is C28H39N3O5S. The van der Waals surface area contributed by atoms with Gasteiger partial charge in [-0.2, -0.15) is 0 Å². The van der Waals surface area contributed by atoms with Crippen LogP contribution in [0.2, 0.25) is 0 Å². The zero-order valence-electron chi connectivity index (χ0n) is 21.8. The summed E-state index contributed by atoms with van der Waals surface area (Å²) < 4.78 is 4.87. The van der Waals surface area contributed by atoms with Crippen molar-refractivity contribution < 1.29 is 24.2 Å². The lowest BCUT2D eigenvalue weighted by Gasteiger charge is -2.39. The molecule has 2 bridgehead atoms. The molecule has 5 rings (SSSR count). The van der Waals surface area contributed by atoms with E-state index < -0.39 is 22.6 Å². The average molecular weight is 530 g/mol. The number of thioether (sulfide) groups is 1. The number of hydrogen-bond donors (Lipinski definition) is 3. The number of aliphatic hydroxyl groups excluding tert-OH is 1. The number of hydrogen-bond acceptors (Lipinski definition) is 6. The smallest absolute Gasteiger partial charge is 0.244 e. The van der Waals surface area contributed by atoms with Crippen molar-refractivity contribution >= 4 is 35.2 Å². The topological polar surface area (TPSA) is 108 Å². The Bertz CT molecular complexity index is 1010. The first-order valence-electron chi connectivity index (χ1n) is 13.8. The monoisotopic (exact) mass is 529 g/mol. The third-order valence-electron chi connectivity index (χ3n) is 8.74. The molecule has 3 aliphatic heterocycles. The van der Waals surface area contributed by atoms with E-state index in [-0.39, 0.29) is 41.5 Å².